The summed E-state index contributed by atoms with van der Waals surface area (Å²) in [5, 5.41) is 8.70. The molecule has 19 heavy (non-hydrogen) atoms. The van der Waals surface area contributed by atoms with Gasteiger partial charge >= 0.3 is 5.97 Å². The number of carbonyl (C=O) groups excluding carboxylic acids is 1. The van der Waals surface area contributed by atoms with E-state index < -0.39 is 17.6 Å². The smallest absolute Gasteiger partial charge is 0.343 e. The van der Waals surface area contributed by atoms with Gasteiger partial charge in [-0.15, -0.1) is 0 Å². The van der Waals surface area contributed by atoms with Gasteiger partial charge in [-0.25, -0.2) is 13.6 Å². The second-order valence-electron chi connectivity index (χ2n) is 3.69. The highest BCUT2D eigenvalue weighted by molar-refractivity contribution is 5.91. The maximum atomic E-state index is 13.0. The van der Waals surface area contributed by atoms with E-state index in [4.69, 9.17) is 10.00 Å². The maximum Gasteiger partial charge on any atom is 0.343 e. The zero-order valence-corrected chi connectivity index (χ0v) is 9.56. The lowest BCUT2D eigenvalue weighted by molar-refractivity contribution is 0.0733. The third kappa shape index (κ3) is 3.13. The van der Waals surface area contributed by atoms with Crippen molar-refractivity contribution in [3.05, 3.63) is 65.2 Å². The Bertz CT molecular complexity index is 657. The fourth-order valence-corrected chi connectivity index (χ4v) is 1.47. The number of benzene rings is 2. The number of ether oxygens (including phenoxy) is 1. The third-order valence-electron chi connectivity index (χ3n) is 2.27. The van der Waals surface area contributed by atoms with Crippen molar-refractivity contribution in [1.29, 1.82) is 5.26 Å². The van der Waals surface area contributed by atoms with Crippen LogP contribution in [0.15, 0.2) is 42.5 Å². The lowest BCUT2D eigenvalue weighted by Crippen LogP contribution is -2.09. The zero-order valence-electron chi connectivity index (χ0n) is 9.56. The molecular weight excluding hydrogens is 252 g/mol. The monoisotopic (exact) mass is 259 g/mol. The number of carbonyl (C=O) groups is 1. The summed E-state index contributed by atoms with van der Waals surface area (Å²) < 4.78 is 30.8. The molecule has 0 unspecified atom stereocenters. The molecule has 0 saturated heterocycles. The van der Waals surface area contributed by atoms with Crippen molar-refractivity contribution in [1.82, 2.24) is 0 Å². The second-order valence-corrected chi connectivity index (χ2v) is 3.69. The van der Waals surface area contributed by atoms with Gasteiger partial charge in [-0.05, 0) is 30.3 Å². The lowest BCUT2D eigenvalue weighted by atomic mass is 10.2. The second kappa shape index (κ2) is 5.27. The molecule has 5 heteroatoms. The molecular formula is C14H7F2NO2. The van der Waals surface area contributed by atoms with Crippen LogP contribution < -0.4 is 4.74 Å². The van der Waals surface area contributed by atoms with E-state index in [9.17, 15) is 13.6 Å². The van der Waals surface area contributed by atoms with E-state index in [1.54, 1.807) is 6.07 Å². The van der Waals surface area contributed by atoms with Gasteiger partial charge in [0.05, 0.1) is 17.2 Å². The van der Waals surface area contributed by atoms with Gasteiger partial charge in [0.2, 0.25) is 0 Å². The molecule has 3 nitrogen and oxygen atoms in total. The van der Waals surface area contributed by atoms with Crippen LogP contribution >= 0.6 is 0 Å². The molecule has 2 aromatic carbocycles. The zero-order chi connectivity index (χ0) is 13.8. The Labute approximate surface area is 107 Å². The van der Waals surface area contributed by atoms with Crippen LogP contribution in [0.25, 0.3) is 0 Å². The van der Waals surface area contributed by atoms with Crippen LogP contribution in [0.5, 0.6) is 5.75 Å². The van der Waals surface area contributed by atoms with Crippen LogP contribution in [0.1, 0.15) is 15.9 Å². The number of hydrogen-bond acceptors (Lipinski definition) is 3. The molecule has 0 aliphatic carbocycles. The van der Waals surface area contributed by atoms with E-state index in [0.717, 1.165) is 12.1 Å². The Morgan fingerprint density at radius 1 is 1.11 bits per heavy atom. The molecule has 2 rings (SSSR count). The van der Waals surface area contributed by atoms with Gasteiger partial charge in [-0.3, -0.25) is 0 Å². The van der Waals surface area contributed by atoms with Crippen molar-refractivity contribution in [2.75, 3.05) is 0 Å². The summed E-state index contributed by atoms with van der Waals surface area (Å²) in [6, 6.07) is 10.2. The van der Waals surface area contributed by atoms with Crippen LogP contribution in [0.2, 0.25) is 0 Å². The quantitative estimate of drug-likeness (QED) is 0.615. The highest BCUT2D eigenvalue weighted by Gasteiger charge is 2.11. The number of rotatable bonds is 2. The SMILES string of the molecule is N#Cc1cccc(OC(=O)c2cc(F)cc(F)c2)c1. The van der Waals surface area contributed by atoms with E-state index in [0.29, 0.717) is 11.6 Å². The van der Waals surface area contributed by atoms with Gasteiger partial charge in [0.15, 0.2) is 0 Å². The van der Waals surface area contributed by atoms with Crippen LogP contribution in [0, 0.1) is 23.0 Å². The Kier molecular flexibility index (Phi) is 3.53. The van der Waals surface area contributed by atoms with Crippen molar-refractivity contribution in [3.63, 3.8) is 0 Å². The molecule has 0 N–H and O–H groups in total. The minimum absolute atomic E-state index is 0.133. The number of esters is 1. The Hall–Kier alpha value is -2.74. The van der Waals surface area contributed by atoms with Gasteiger partial charge in [0, 0.05) is 6.07 Å². The molecule has 0 spiro atoms. The molecule has 0 aromatic heterocycles. The molecule has 0 fully saturated rings. The molecule has 0 aliphatic heterocycles. The average Bonchev–Trinajstić information content (AvgIpc) is 2.37. The topological polar surface area (TPSA) is 50.1 Å². The van der Waals surface area contributed by atoms with E-state index >= 15 is 0 Å². The minimum Gasteiger partial charge on any atom is -0.423 e. The predicted molar refractivity (Wildman–Crippen MR) is 62.5 cm³/mol. The number of nitriles is 1. The highest BCUT2D eigenvalue weighted by atomic mass is 19.1. The van der Waals surface area contributed by atoms with Gasteiger partial charge < -0.3 is 4.74 Å². The molecule has 94 valence electrons. The van der Waals surface area contributed by atoms with Crippen LogP contribution in [0.3, 0.4) is 0 Å². The van der Waals surface area contributed by atoms with Crippen molar-refractivity contribution in [2.45, 2.75) is 0 Å². The Morgan fingerprint density at radius 2 is 1.79 bits per heavy atom. The van der Waals surface area contributed by atoms with Crippen LogP contribution in [-0.2, 0) is 0 Å². The van der Waals surface area contributed by atoms with E-state index in [1.165, 1.54) is 18.2 Å². The van der Waals surface area contributed by atoms with Crippen molar-refractivity contribution >= 4 is 5.97 Å². The molecule has 0 amide bonds. The molecule has 0 atom stereocenters. The summed E-state index contributed by atoms with van der Waals surface area (Å²) in [5.41, 5.74) is 0.0792. The standard InChI is InChI=1S/C14H7F2NO2/c15-11-5-10(6-12(16)7-11)14(18)19-13-3-1-2-9(4-13)8-17/h1-7H. The minimum atomic E-state index is -0.895. The van der Waals surface area contributed by atoms with Crippen LogP contribution in [0.4, 0.5) is 8.78 Å². The van der Waals surface area contributed by atoms with Gasteiger partial charge in [-0.1, -0.05) is 6.07 Å². The van der Waals surface area contributed by atoms with E-state index in [-0.39, 0.29) is 11.3 Å². The Balaban J connectivity index is 2.23. The van der Waals surface area contributed by atoms with E-state index in [2.05, 4.69) is 0 Å². The first-order chi connectivity index (χ1) is 9.08. The van der Waals surface area contributed by atoms with Crippen molar-refractivity contribution in [3.8, 4) is 11.8 Å². The van der Waals surface area contributed by atoms with Crippen molar-refractivity contribution in [2.24, 2.45) is 0 Å². The summed E-state index contributed by atoms with van der Waals surface area (Å²) in [4.78, 5) is 11.7. The van der Waals surface area contributed by atoms with Gasteiger partial charge in [0.1, 0.15) is 17.4 Å². The number of halogens is 2. The first-order valence-electron chi connectivity index (χ1n) is 5.27. The lowest BCUT2D eigenvalue weighted by Gasteiger charge is -2.04. The summed E-state index contributed by atoms with van der Waals surface area (Å²) in [6.07, 6.45) is 0. The maximum absolute atomic E-state index is 13.0. The van der Waals surface area contributed by atoms with Crippen LogP contribution in [-0.4, -0.2) is 5.97 Å². The summed E-state index contributed by atoms with van der Waals surface area (Å²) in [7, 11) is 0. The summed E-state index contributed by atoms with van der Waals surface area (Å²) in [5.74, 6) is -2.49. The molecule has 0 saturated carbocycles. The molecule has 0 bridgehead atoms. The largest absolute Gasteiger partial charge is 0.423 e. The molecule has 0 radical (unpaired) electrons. The third-order valence-corrected chi connectivity index (χ3v) is 2.27. The van der Waals surface area contributed by atoms with Crippen molar-refractivity contribution < 1.29 is 18.3 Å². The predicted octanol–water partition coefficient (Wildman–Crippen LogP) is 3.06. The average molecular weight is 259 g/mol. The molecule has 2 aromatic rings. The summed E-state index contributed by atoms with van der Waals surface area (Å²) in [6.45, 7) is 0. The Morgan fingerprint density at radius 3 is 2.42 bits per heavy atom. The summed E-state index contributed by atoms with van der Waals surface area (Å²) >= 11 is 0. The highest BCUT2D eigenvalue weighted by Crippen LogP contribution is 2.16. The fraction of sp³-hybridized carbons (Fsp3) is 0. The molecule has 0 aliphatic rings. The number of hydrogen-bond donors (Lipinski definition) is 0. The normalized spacial score (nSPS) is 9.74. The first-order valence-corrected chi connectivity index (χ1v) is 5.27. The first kappa shape index (κ1) is 12.7. The van der Waals surface area contributed by atoms with Gasteiger partial charge in [-0.2, -0.15) is 5.26 Å². The fourth-order valence-electron chi connectivity index (χ4n) is 1.47. The van der Waals surface area contributed by atoms with Gasteiger partial charge in [0.25, 0.3) is 0 Å². The number of nitrogens with zero attached hydrogens (tertiary/aromatic N) is 1. The van der Waals surface area contributed by atoms with E-state index in [1.807, 2.05) is 6.07 Å². The molecule has 0 heterocycles.